The van der Waals surface area contributed by atoms with Crippen molar-refractivity contribution in [2.24, 2.45) is 0 Å². The van der Waals surface area contributed by atoms with Gasteiger partial charge in [0.05, 0.1) is 11.9 Å². The largest absolute Gasteiger partial charge is 0.352 e. The topological polar surface area (TPSA) is 86.8 Å². The monoisotopic (exact) mass is 519 g/mol. The normalized spacial score (nSPS) is 13.1. The van der Waals surface area contributed by atoms with Gasteiger partial charge in [0.1, 0.15) is 11.9 Å². The van der Waals surface area contributed by atoms with E-state index in [1.165, 1.54) is 15.3 Å². The van der Waals surface area contributed by atoms with Gasteiger partial charge in [-0.05, 0) is 69.9 Å². The second-order valence-electron chi connectivity index (χ2n) is 9.39. The van der Waals surface area contributed by atoms with Crippen LogP contribution < -0.4 is 9.62 Å². The van der Waals surface area contributed by atoms with Gasteiger partial charge >= 0.3 is 0 Å². The fourth-order valence-corrected chi connectivity index (χ4v) is 4.91. The summed E-state index contributed by atoms with van der Waals surface area (Å²) in [4.78, 5) is 27.5. The van der Waals surface area contributed by atoms with Gasteiger partial charge in [-0.15, -0.1) is 0 Å². The molecule has 198 valence electrons. The molecule has 2 rings (SSSR count). The smallest absolute Gasteiger partial charge is 0.242 e. The van der Waals surface area contributed by atoms with Crippen LogP contribution in [0.1, 0.15) is 56.7 Å². The first kappa shape index (κ1) is 29.3. The highest BCUT2D eigenvalue weighted by molar-refractivity contribution is 7.92. The number of nitrogens with zero attached hydrogens (tertiary/aromatic N) is 2. The molecule has 0 aliphatic heterocycles. The minimum absolute atomic E-state index is 0.00617. The van der Waals surface area contributed by atoms with E-state index in [1.807, 2.05) is 33.8 Å². The first-order valence-corrected chi connectivity index (χ1v) is 14.1. The molecule has 0 fully saturated rings. The molecule has 0 aromatic heterocycles. The number of aryl methyl sites for hydroxylation is 2. The number of hydrogen-bond acceptors (Lipinski definition) is 4. The molecule has 0 aliphatic rings. The number of sulfonamides is 1. The van der Waals surface area contributed by atoms with Gasteiger partial charge in [0, 0.05) is 31.1 Å². The third-order valence-corrected chi connectivity index (χ3v) is 7.31. The number of amides is 2. The van der Waals surface area contributed by atoms with E-state index in [0.29, 0.717) is 11.3 Å². The van der Waals surface area contributed by atoms with Crippen molar-refractivity contribution in [3.05, 3.63) is 65.0 Å². The van der Waals surface area contributed by atoms with E-state index in [0.717, 1.165) is 23.8 Å². The van der Waals surface area contributed by atoms with Gasteiger partial charge < -0.3 is 10.2 Å². The Morgan fingerprint density at radius 3 is 2.22 bits per heavy atom. The number of anilines is 1. The van der Waals surface area contributed by atoms with Crippen molar-refractivity contribution in [1.82, 2.24) is 10.2 Å². The van der Waals surface area contributed by atoms with Crippen LogP contribution >= 0.6 is 0 Å². The molecule has 0 radical (unpaired) electrons. The molecule has 2 aromatic rings. The van der Waals surface area contributed by atoms with Crippen LogP contribution in [0.2, 0.25) is 0 Å². The Balaban J connectivity index is 2.21. The Morgan fingerprint density at radius 1 is 1.06 bits per heavy atom. The predicted octanol–water partition coefficient (Wildman–Crippen LogP) is 4.32. The molecule has 7 nitrogen and oxygen atoms in total. The maximum absolute atomic E-state index is 14.4. The molecule has 0 unspecified atom stereocenters. The summed E-state index contributed by atoms with van der Waals surface area (Å²) in [6, 6.07) is 10.8. The van der Waals surface area contributed by atoms with Crippen LogP contribution in [0.15, 0.2) is 42.5 Å². The van der Waals surface area contributed by atoms with E-state index in [9.17, 15) is 22.4 Å². The Hall–Kier alpha value is -2.94. The molecule has 0 spiro atoms. The Kier molecular flexibility index (Phi) is 10.5. The molecule has 2 atom stereocenters. The van der Waals surface area contributed by atoms with Crippen molar-refractivity contribution < 1.29 is 22.4 Å². The minimum Gasteiger partial charge on any atom is -0.352 e. The van der Waals surface area contributed by atoms with E-state index in [4.69, 9.17) is 0 Å². The number of halogens is 1. The van der Waals surface area contributed by atoms with Gasteiger partial charge in [-0.2, -0.15) is 0 Å². The molecule has 9 heteroatoms. The molecule has 0 saturated carbocycles. The van der Waals surface area contributed by atoms with Crippen molar-refractivity contribution in [3.8, 4) is 0 Å². The number of rotatable bonds is 12. The summed E-state index contributed by atoms with van der Waals surface area (Å²) < 4.78 is 40.7. The number of carbonyl (C=O) groups is 2. The highest BCUT2D eigenvalue weighted by atomic mass is 32.2. The molecular formula is C27H38FN3O4S. The van der Waals surface area contributed by atoms with Gasteiger partial charge in [0.2, 0.25) is 21.8 Å². The first-order chi connectivity index (χ1) is 16.8. The van der Waals surface area contributed by atoms with E-state index >= 15 is 0 Å². The number of benzene rings is 2. The number of nitrogens with one attached hydrogen (secondary N) is 1. The molecule has 1 N–H and O–H groups in total. The minimum atomic E-state index is -3.58. The molecule has 0 saturated heterocycles. The summed E-state index contributed by atoms with van der Waals surface area (Å²) in [6.45, 7) is 9.28. The molecule has 0 aliphatic carbocycles. The van der Waals surface area contributed by atoms with Crippen molar-refractivity contribution >= 4 is 27.5 Å². The van der Waals surface area contributed by atoms with Crippen molar-refractivity contribution in [1.29, 1.82) is 0 Å². The third-order valence-electron chi connectivity index (χ3n) is 6.11. The first-order valence-electron chi connectivity index (χ1n) is 12.2. The van der Waals surface area contributed by atoms with Gasteiger partial charge in [-0.1, -0.05) is 31.2 Å². The summed E-state index contributed by atoms with van der Waals surface area (Å²) in [5, 5.41) is 2.88. The van der Waals surface area contributed by atoms with Crippen LogP contribution in [0, 0.1) is 19.7 Å². The average Bonchev–Trinajstić information content (AvgIpc) is 2.79. The molecule has 2 aromatic carbocycles. The van der Waals surface area contributed by atoms with Crippen LogP contribution in [-0.2, 0) is 26.2 Å². The van der Waals surface area contributed by atoms with Crippen molar-refractivity contribution in [2.45, 2.75) is 72.5 Å². The fraction of sp³-hybridized carbons (Fsp3) is 0.481. The predicted molar refractivity (Wildman–Crippen MR) is 142 cm³/mol. The van der Waals surface area contributed by atoms with E-state index in [-0.39, 0.29) is 43.8 Å². The summed E-state index contributed by atoms with van der Waals surface area (Å²) in [6.07, 6.45) is 2.12. The quantitative estimate of drug-likeness (QED) is 0.453. The lowest BCUT2D eigenvalue weighted by Crippen LogP contribution is -2.49. The maximum atomic E-state index is 14.4. The summed E-state index contributed by atoms with van der Waals surface area (Å²) in [5.41, 5.74) is 2.73. The fourth-order valence-electron chi connectivity index (χ4n) is 3.96. The zero-order valence-electron chi connectivity index (χ0n) is 22.0. The second kappa shape index (κ2) is 12.9. The van der Waals surface area contributed by atoms with Crippen LogP contribution in [0.25, 0.3) is 0 Å². The van der Waals surface area contributed by atoms with Gasteiger partial charge in [-0.25, -0.2) is 12.8 Å². The van der Waals surface area contributed by atoms with E-state index in [2.05, 4.69) is 5.32 Å². The molecular weight excluding hydrogens is 481 g/mol. The van der Waals surface area contributed by atoms with Crippen molar-refractivity contribution in [2.75, 3.05) is 17.1 Å². The summed E-state index contributed by atoms with van der Waals surface area (Å²) in [5.74, 6) is -1.12. The van der Waals surface area contributed by atoms with Crippen LogP contribution in [0.5, 0.6) is 0 Å². The Bertz CT molecular complexity index is 1150. The zero-order valence-corrected chi connectivity index (χ0v) is 22.9. The highest BCUT2D eigenvalue weighted by Gasteiger charge is 2.28. The number of hydrogen-bond donors (Lipinski definition) is 1. The molecule has 36 heavy (non-hydrogen) atoms. The lowest BCUT2D eigenvalue weighted by Gasteiger charge is -2.30. The lowest BCUT2D eigenvalue weighted by molar-refractivity contribution is -0.141. The van der Waals surface area contributed by atoms with Crippen molar-refractivity contribution in [3.63, 3.8) is 0 Å². The second-order valence-corrected chi connectivity index (χ2v) is 11.3. The summed E-state index contributed by atoms with van der Waals surface area (Å²) in [7, 11) is -3.58. The van der Waals surface area contributed by atoms with Crippen LogP contribution in [0.3, 0.4) is 0 Å². The molecule has 0 heterocycles. The zero-order chi connectivity index (χ0) is 27.0. The average molecular weight is 520 g/mol. The Morgan fingerprint density at radius 2 is 1.67 bits per heavy atom. The standard InChI is InChI=1S/C27H38FN3O4S/c1-7-21(4)29-27(33)22(5)30(18-23-11-8-9-12-25(23)28)26(32)13-10-14-31(36(6,34)35)24-16-19(2)15-20(3)17-24/h8-9,11-12,15-17,21-22H,7,10,13-14,18H2,1-6H3,(H,29,33)/t21-,22+/m0/s1. The molecule has 2 amide bonds. The molecule has 0 bridgehead atoms. The summed E-state index contributed by atoms with van der Waals surface area (Å²) >= 11 is 0. The Labute approximate surface area is 214 Å². The van der Waals surface area contributed by atoms with Gasteiger partial charge in [0.15, 0.2) is 0 Å². The van der Waals surface area contributed by atoms with E-state index in [1.54, 1.807) is 37.3 Å². The number of carbonyl (C=O) groups excluding carboxylic acids is 2. The maximum Gasteiger partial charge on any atom is 0.242 e. The van der Waals surface area contributed by atoms with Crippen LogP contribution in [-0.4, -0.2) is 50.0 Å². The van der Waals surface area contributed by atoms with Gasteiger partial charge in [-0.3, -0.25) is 13.9 Å². The SMILES string of the molecule is CC[C@H](C)NC(=O)[C@@H](C)N(Cc1ccccc1F)C(=O)CCCN(c1cc(C)cc(C)c1)S(C)(=O)=O. The third kappa shape index (κ3) is 8.33. The van der Waals surface area contributed by atoms with Crippen LogP contribution in [0.4, 0.5) is 10.1 Å². The van der Waals surface area contributed by atoms with Gasteiger partial charge in [0.25, 0.3) is 0 Å². The van der Waals surface area contributed by atoms with E-state index < -0.39 is 21.9 Å². The highest BCUT2D eigenvalue weighted by Crippen LogP contribution is 2.22. The lowest BCUT2D eigenvalue weighted by atomic mass is 10.1.